The van der Waals surface area contributed by atoms with Gasteiger partial charge >= 0.3 is 0 Å². The van der Waals surface area contributed by atoms with Crippen molar-refractivity contribution in [2.24, 2.45) is 5.73 Å². The van der Waals surface area contributed by atoms with E-state index in [-0.39, 0.29) is 0 Å². The van der Waals surface area contributed by atoms with Gasteiger partial charge in [0.1, 0.15) is 0 Å². The molecule has 0 saturated carbocycles. The van der Waals surface area contributed by atoms with E-state index in [1.165, 1.54) is 6.08 Å². The number of hydrogen-bond donors (Lipinski definition) is 1. The van der Waals surface area contributed by atoms with E-state index >= 15 is 0 Å². The van der Waals surface area contributed by atoms with Gasteiger partial charge in [0, 0.05) is 16.8 Å². The van der Waals surface area contributed by atoms with Crippen LogP contribution in [0.2, 0.25) is 5.02 Å². The Morgan fingerprint density at radius 2 is 2.33 bits per heavy atom. The first-order chi connectivity index (χ1) is 5.74. The van der Waals surface area contributed by atoms with E-state index in [9.17, 15) is 0 Å². The van der Waals surface area contributed by atoms with Gasteiger partial charge in [-0.2, -0.15) is 5.26 Å². The number of benzene rings is 1. The Hall–Kier alpha value is -1.46. The number of nitrogens with two attached hydrogens (primary N) is 1. The lowest BCUT2D eigenvalue weighted by Gasteiger charge is -1.98. The van der Waals surface area contributed by atoms with E-state index in [0.29, 0.717) is 10.7 Å². The van der Waals surface area contributed by atoms with Crippen molar-refractivity contribution in [1.82, 2.24) is 0 Å². The molecule has 0 radical (unpaired) electrons. The second-order valence-electron chi connectivity index (χ2n) is 2.24. The van der Waals surface area contributed by atoms with Crippen LogP contribution < -0.4 is 5.73 Å². The summed E-state index contributed by atoms with van der Waals surface area (Å²) in [5.41, 5.74) is 6.75. The summed E-state index contributed by atoms with van der Waals surface area (Å²) in [7, 11) is 0. The van der Waals surface area contributed by atoms with E-state index in [0.717, 1.165) is 5.56 Å². The number of nitriles is 1. The fourth-order valence-corrected chi connectivity index (χ4v) is 1.01. The fraction of sp³-hybridized carbons (Fsp3) is 0. The molecule has 0 heterocycles. The van der Waals surface area contributed by atoms with Crippen molar-refractivity contribution in [3.8, 4) is 6.07 Å². The molecule has 12 heavy (non-hydrogen) atoms. The van der Waals surface area contributed by atoms with E-state index in [1.807, 2.05) is 6.07 Å². The molecule has 0 spiro atoms. The monoisotopic (exact) mass is 178 g/mol. The number of hydrogen-bond acceptors (Lipinski definition) is 2. The van der Waals surface area contributed by atoms with Crippen LogP contribution in [0.1, 0.15) is 5.56 Å². The van der Waals surface area contributed by atoms with Gasteiger partial charge in [-0.15, -0.1) is 0 Å². The third-order valence-electron chi connectivity index (χ3n) is 1.38. The van der Waals surface area contributed by atoms with E-state index in [4.69, 9.17) is 22.6 Å². The molecule has 0 unspecified atom stereocenters. The minimum atomic E-state index is 0.431. The van der Waals surface area contributed by atoms with Crippen LogP contribution in [-0.2, 0) is 0 Å². The average molecular weight is 179 g/mol. The van der Waals surface area contributed by atoms with Gasteiger partial charge in [-0.25, -0.2) is 0 Å². The molecule has 2 nitrogen and oxygen atoms in total. The van der Waals surface area contributed by atoms with Crippen LogP contribution in [-0.4, -0.2) is 0 Å². The highest BCUT2D eigenvalue weighted by molar-refractivity contribution is 6.30. The number of nitrogens with zero attached hydrogens (tertiary/aromatic N) is 1. The van der Waals surface area contributed by atoms with Crippen LogP contribution in [0.3, 0.4) is 0 Å². The zero-order valence-corrected chi connectivity index (χ0v) is 7.05. The topological polar surface area (TPSA) is 49.8 Å². The summed E-state index contributed by atoms with van der Waals surface area (Å²) >= 11 is 5.72. The molecule has 1 aromatic rings. The van der Waals surface area contributed by atoms with Crippen molar-refractivity contribution in [2.45, 2.75) is 0 Å². The van der Waals surface area contributed by atoms with Crippen molar-refractivity contribution in [3.05, 3.63) is 40.9 Å². The van der Waals surface area contributed by atoms with Crippen LogP contribution >= 0.6 is 11.6 Å². The first-order valence-corrected chi connectivity index (χ1v) is 3.73. The maximum atomic E-state index is 8.33. The largest absolute Gasteiger partial charge is 0.398 e. The van der Waals surface area contributed by atoms with Crippen molar-refractivity contribution in [2.75, 3.05) is 0 Å². The predicted octanol–water partition coefficient (Wildman–Crippen LogP) is 2.16. The number of rotatable bonds is 1. The minimum Gasteiger partial charge on any atom is -0.398 e. The standard InChI is InChI=1S/C9H7ClN2/c10-8-3-1-2-7(6-8)9(12)4-5-11/h1-4,6H,12H2. The highest BCUT2D eigenvalue weighted by Gasteiger charge is 1.95. The average Bonchev–Trinajstić information content (AvgIpc) is 2.05. The predicted molar refractivity (Wildman–Crippen MR) is 49.2 cm³/mol. The number of halogens is 1. The third-order valence-corrected chi connectivity index (χ3v) is 1.61. The van der Waals surface area contributed by atoms with Crippen LogP contribution in [0, 0.1) is 11.3 Å². The highest BCUT2D eigenvalue weighted by atomic mass is 35.5. The second kappa shape index (κ2) is 3.80. The zero-order valence-electron chi connectivity index (χ0n) is 6.29. The van der Waals surface area contributed by atoms with Gasteiger partial charge < -0.3 is 5.73 Å². The van der Waals surface area contributed by atoms with Gasteiger partial charge in [-0.05, 0) is 17.7 Å². The summed E-state index contributed by atoms with van der Waals surface area (Å²) in [6, 6.07) is 8.91. The summed E-state index contributed by atoms with van der Waals surface area (Å²) in [6.45, 7) is 0. The lowest BCUT2D eigenvalue weighted by molar-refractivity contribution is 1.49. The summed E-state index contributed by atoms with van der Waals surface area (Å²) in [6.07, 6.45) is 1.28. The van der Waals surface area contributed by atoms with Gasteiger partial charge in [0.25, 0.3) is 0 Å². The Labute approximate surface area is 75.9 Å². The van der Waals surface area contributed by atoms with Gasteiger partial charge in [-0.1, -0.05) is 23.7 Å². The molecule has 0 aliphatic rings. The number of allylic oxidation sites excluding steroid dienone is 1. The van der Waals surface area contributed by atoms with Gasteiger partial charge in [0.2, 0.25) is 0 Å². The van der Waals surface area contributed by atoms with Crippen LogP contribution in [0.5, 0.6) is 0 Å². The molecule has 0 fully saturated rings. The molecule has 0 saturated heterocycles. The molecule has 60 valence electrons. The molecule has 1 rings (SSSR count). The van der Waals surface area contributed by atoms with Crippen LogP contribution in [0.25, 0.3) is 5.70 Å². The SMILES string of the molecule is N#CC=C(N)c1cccc(Cl)c1. The molecule has 0 amide bonds. The Balaban J connectivity index is 3.05. The lowest BCUT2D eigenvalue weighted by Crippen LogP contribution is -1.94. The van der Waals surface area contributed by atoms with Crippen molar-refractivity contribution >= 4 is 17.3 Å². The quantitative estimate of drug-likeness (QED) is 0.670. The fourth-order valence-electron chi connectivity index (χ4n) is 0.821. The molecule has 2 N–H and O–H groups in total. The third kappa shape index (κ3) is 2.01. The minimum absolute atomic E-state index is 0.431. The summed E-state index contributed by atoms with van der Waals surface area (Å²) in [5.74, 6) is 0. The Morgan fingerprint density at radius 1 is 1.58 bits per heavy atom. The molecule has 1 aromatic carbocycles. The zero-order chi connectivity index (χ0) is 8.97. The van der Waals surface area contributed by atoms with E-state index < -0.39 is 0 Å². The normalized spacial score (nSPS) is 10.8. The maximum absolute atomic E-state index is 8.33. The van der Waals surface area contributed by atoms with Crippen molar-refractivity contribution in [3.63, 3.8) is 0 Å². The van der Waals surface area contributed by atoms with Crippen LogP contribution in [0.4, 0.5) is 0 Å². The Morgan fingerprint density at radius 3 is 2.92 bits per heavy atom. The molecule has 0 aliphatic heterocycles. The summed E-state index contributed by atoms with van der Waals surface area (Å²) in [4.78, 5) is 0. The maximum Gasteiger partial charge on any atom is 0.0933 e. The first kappa shape index (κ1) is 8.63. The molecule has 0 aliphatic carbocycles. The van der Waals surface area contributed by atoms with E-state index in [2.05, 4.69) is 0 Å². The molecule has 0 atom stereocenters. The first-order valence-electron chi connectivity index (χ1n) is 3.35. The Bertz CT molecular complexity index is 350. The lowest BCUT2D eigenvalue weighted by atomic mass is 10.1. The van der Waals surface area contributed by atoms with Crippen molar-refractivity contribution in [1.29, 1.82) is 5.26 Å². The van der Waals surface area contributed by atoms with Gasteiger partial charge in [0.05, 0.1) is 6.07 Å². The van der Waals surface area contributed by atoms with Gasteiger partial charge in [0.15, 0.2) is 0 Å². The molecule has 0 aromatic heterocycles. The van der Waals surface area contributed by atoms with Crippen LogP contribution in [0.15, 0.2) is 30.3 Å². The second-order valence-corrected chi connectivity index (χ2v) is 2.68. The summed E-state index contributed by atoms with van der Waals surface area (Å²) in [5, 5.41) is 8.94. The molecular weight excluding hydrogens is 172 g/mol. The smallest absolute Gasteiger partial charge is 0.0933 e. The summed E-state index contributed by atoms with van der Waals surface area (Å²) < 4.78 is 0. The molecule has 3 heteroatoms. The van der Waals surface area contributed by atoms with Gasteiger partial charge in [-0.3, -0.25) is 0 Å². The molecule has 0 bridgehead atoms. The van der Waals surface area contributed by atoms with E-state index in [1.54, 1.807) is 24.3 Å². The van der Waals surface area contributed by atoms with Crippen molar-refractivity contribution < 1.29 is 0 Å². The molecular formula is C9H7ClN2. The highest BCUT2D eigenvalue weighted by Crippen LogP contribution is 2.14. The Kier molecular flexibility index (Phi) is 2.73.